The number of ketones is 1. The minimum Gasteiger partial charge on any atom is -0.458 e. The molecule has 0 spiro atoms. The Morgan fingerprint density at radius 1 is 1.05 bits per heavy atom. The number of hydrogen-bond acceptors (Lipinski definition) is 4. The smallest absolute Gasteiger partial charge is 0.328 e. The lowest BCUT2D eigenvalue weighted by Gasteiger charge is -2.22. The lowest BCUT2D eigenvalue weighted by molar-refractivity contribution is -0.156. The highest BCUT2D eigenvalue weighted by molar-refractivity contribution is 5.99. The first-order chi connectivity index (χ1) is 9.60. The van der Waals surface area contributed by atoms with Crippen molar-refractivity contribution in [1.82, 2.24) is 5.32 Å². The van der Waals surface area contributed by atoms with Crippen molar-refractivity contribution in [1.29, 1.82) is 0 Å². The third-order valence-corrected chi connectivity index (χ3v) is 2.66. The van der Waals surface area contributed by atoms with E-state index in [1.807, 2.05) is 0 Å². The van der Waals surface area contributed by atoms with Crippen LogP contribution in [0.4, 0.5) is 0 Å². The summed E-state index contributed by atoms with van der Waals surface area (Å²) in [5, 5.41) is 2.57. The second-order valence-corrected chi connectivity index (χ2v) is 5.86. The highest BCUT2D eigenvalue weighted by Gasteiger charge is 2.23. The molecule has 0 aliphatic carbocycles. The maximum atomic E-state index is 12.0. The number of benzene rings is 1. The Bertz CT molecular complexity index is 540. The number of amides is 1. The van der Waals surface area contributed by atoms with Gasteiger partial charge >= 0.3 is 5.97 Å². The SMILES string of the molecule is CC(=O)c1ccc(C(=O)N[C@@H](C)C(=O)OC(C)(C)C)cc1. The van der Waals surface area contributed by atoms with Crippen molar-refractivity contribution >= 4 is 17.7 Å². The molecule has 1 atom stereocenters. The second-order valence-electron chi connectivity index (χ2n) is 5.86. The number of carbonyl (C=O) groups excluding carboxylic acids is 3. The standard InChI is InChI=1S/C16H21NO4/c1-10(15(20)21-16(3,4)5)17-14(19)13-8-6-12(7-9-13)11(2)18/h6-10H,1-5H3,(H,17,19)/t10-/m0/s1. The van der Waals surface area contributed by atoms with Crippen molar-refractivity contribution in [3.8, 4) is 0 Å². The number of nitrogens with one attached hydrogen (secondary N) is 1. The summed E-state index contributed by atoms with van der Waals surface area (Å²) in [6, 6.07) is 5.51. The Labute approximate surface area is 124 Å². The Balaban J connectivity index is 2.68. The number of hydrogen-bond donors (Lipinski definition) is 1. The van der Waals surface area contributed by atoms with Crippen LogP contribution in [-0.4, -0.2) is 29.3 Å². The molecule has 0 aliphatic rings. The molecule has 0 heterocycles. The van der Waals surface area contributed by atoms with E-state index >= 15 is 0 Å². The van der Waals surface area contributed by atoms with Gasteiger partial charge in [-0.15, -0.1) is 0 Å². The van der Waals surface area contributed by atoms with Crippen molar-refractivity contribution < 1.29 is 19.1 Å². The van der Waals surface area contributed by atoms with Crippen LogP contribution in [0.25, 0.3) is 0 Å². The molecule has 1 aromatic rings. The van der Waals surface area contributed by atoms with Gasteiger partial charge in [-0.05, 0) is 46.8 Å². The van der Waals surface area contributed by atoms with Gasteiger partial charge in [0.2, 0.25) is 0 Å². The third-order valence-electron chi connectivity index (χ3n) is 2.66. The summed E-state index contributed by atoms with van der Waals surface area (Å²) in [6.07, 6.45) is 0. The zero-order valence-corrected chi connectivity index (χ0v) is 13.0. The molecule has 21 heavy (non-hydrogen) atoms. The van der Waals surface area contributed by atoms with E-state index in [2.05, 4.69) is 5.32 Å². The van der Waals surface area contributed by atoms with Crippen LogP contribution >= 0.6 is 0 Å². The van der Waals surface area contributed by atoms with Crippen LogP contribution in [0.1, 0.15) is 55.3 Å². The fourth-order valence-electron chi connectivity index (χ4n) is 1.59. The molecule has 5 heteroatoms. The molecule has 1 rings (SSSR count). The van der Waals surface area contributed by atoms with Crippen molar-refractivity contribution in [2.24, 2.45) is 0 Å². The summed E-state index contributed by atoms with van der Waals surface area (Å²) < 4.78 is 5.19. The summed E-state index contributed by atoms with van der Waals surface area (Å²) in [4.78, 5) is 35.0. The van der Waals surface area contributed by atoms with E-state index in [1.54, 1.807) is 52.0 Å². The van der Waals surface area contributed by atoms with Crippen LogP contribution in [0.3, 0.4) is 0 Å². The summed E-state index contributed by atoms with van der Waals surface area (Å²) in [7, 11) is 0. The van der Waals surface area contributed by atoms with E-state index in [9.17, 15) is 14.4 Å². The van der Waals surface area contributed by atoms with Gasteiger partial charge in [-0.1, -0.05) is 12.1 Å². The van der Waals surface area contributed by atoms with E-state index in [1.165, 1.54) is 6.92 Å². The highest BCUT2D eigenvalue weighted by Crippen LogP contribution is 2.09. The van der Waals surface area contributed by atoms with Crippen molar-refractivity contribution in [2.45, 2.75) is 46.3 Å². The highest BCUT2D eigenvalue weighted by atomic mass is 16.6. The third kappa shape index (κ3) is 5.38. The fourth-order valence-corrected chi connectivity index (χ4v) is 1.59. The normalized spacial score (nSPS) is 12.4. The zero-order chi connectivity index (χ0) is 16.2. The molecule has 0 aromatic heterocycles. The van der Waals surface area contributed by atoms with Crippen molar-refractivity contribution in [3.63, 3.8) is 0 Å². The first-order valence-electron chi connectivity index (χ1n) is 6.75. The predicted octanol–water partition coefficient (Wildman–Crippen LogP) is 2.35. The Morgan fingerprint density at radius 2 is 1.52 bits per heavy atom. The van der Waals surface area contributed by atoms with E-state index in [4.69, 9.17) is 4.74 Å². The molecule has 1 amide bonds. The van der Waals surface area contributed by atoms with E-state index < -0.39 is 17.6 Å². The quantitative estimate of drug-likeness (QED) is 0.682. The minimum atomic E-state index is -0.746. The number of carbonyl (C=O) groups is 3. The molecular formula is C16H21NO4. The van der Waals surface area contributed by atoms with E-state index in [0.29, 0.717) is 11.1 Å². The largest absolute Gasteiger partial charge is 0.458 e. The molecule has 0 unspecified atom stereocenters. The first-order valence-corrected chi connectivity index (χ1v) is 6.75. The second kappa shape index (κ2) is 6.52. The molecule has 1 aromatic carbocycles. The van der Waals surface area contributed by atoms with Crippen LogP contribution in [0.5, 0.6) is 0 Å². The molecule has 5 nitrogen and oxygen atoms in total. The average molecular weight is 291 g/mol. The Morgan fingerprint density at radius 3 is 1.95 bits per heavy atom. The molecule has 0 bridgehead atoms. The van der Waals surface area contributed by atoms with E-state index in [-0.39, 0.29) is 11.7 Å². The van der Waals surface area contributed by atoms with Gasteiger partial charge in [0.15, 0.2) is 5.78 Å². The fraction of sp³-hybridized carbons (Fsp3) is 0.438. The van der Waals surface area contributed by atoms with Gasteiger partial charge in [-0.25, -0.2) is 4.79 Å². The number of ether oxygens (including phenoxy) is 1. The number of esters is 1. The molecule has 0 saturated heterocycles. The molecule has 0 aliphatic heterocycles. The lowest BCUT2D eigenvalue weighted by atomic mass is 10.1. The topological polar surface area (TPSA) is 72.5 Å². The summed E-state index contributed by atoms with van der Waals surface area (Å²) in [6.45, 7) is 8.31. The van der Waals surface area contributed by atoms with Gasteiger partial charge in [0, 0.05) is 11.1 Å². The van der Waals surface area contributed by atoms with Crippen LogP contribution < -0.4 is 5.32 Å². The summed E-state index contributed by atoms with van der Waals surface area (Å²) in [5.41, 5.74) is 0.321. The molecular weight excluding hydrogens is 270 g/mol. The predicted molar refractivity (Wildman–Crippen MR) is 79.2 cm³/mol. The van der Waals surface area contributed by atoms with Crippen LogP contribution in [-0.2, 0) is 9.53 Å². The Hall–Kier alpha value is -2.17. The molecule has 0 radical (unpaired) electrons. The first kappa shape index (κ1) is 16.9. The van der Waals surface area contributed by atoms with Crippen molar-refractivity contribution in [2.75, 3.05) is 0 Å². The molecule has 114 valence electrons. The molecule has 0 saturated carbocycles. The maximum absolute atomic E-state index is 12.0. The van der Waals surface area contributed by atoms with Gasteiger partial charge < -0.3 is 10.1 Å². The summed E-state index contributed by atoms with van der Waals surface area (Å²) >= 11 is 0. The summed E-state index contributed by atoms with van der Waals surface area (Å²) in [5.74, 6) is -0.941. The molecule has 1 N–H and O–H groups in total. The van der Waals surface area contributed by atoms with Gasteiger partial charge in [0.05, 0.1) is 0 Å². The van der Waals surface area contributed by atoms with Gasteiger partial charge in [0.1, 0.15) is 11.6 Å². The number of rotatable bonds is 4. The van der Waals surface area contributed by atoms with Crippen LogP contribution in [0.15, 0.2) is 24.3 Å². The van der Waals surface area contributed by atoms with E-state index in [0.717, 1.165) is 0 Å². The maximum Gasteiger partial charge on any atom is 0.328 e. The monoisotopic (exact) mass is 291 g/mol. The van der Waals surface area contributed by atoms with Crippen LogP contribution in [0.2, 0.25) is 0 Å². The van der Waals surface area contributed by atoms with Gasteiger partial charge in [-0.3, -0.25) is 9.59 Å². The van der Waals surface area contributed by atoms with Gasteiger partial charge in [0.25, 0.3) is 5.91 Å². The Kier molecular flexibility index (Phi) is 5.24. The van der Waals surface area contributed by atoms with Gasteiger partial charge in [-0.2, -0.15) is 0 Å². The number of Topliss-reactive ketones (excluding diaryl/α,β-unsaturated/α-hetero) is 1. The zero-order valence-electron chi connectivity index (χ0n) is 13.0. The minimum absolute atomic E-state index is 0.0657. The van der Waals surface area contributed by atoms with Crippen molar-refractivity contribution in [3.05, 3.63) is 35.4 Å². The molecule has 0 fully saturated rings. The van der Waals surface area contributed by atoms with Crippen LogP contribution in [0, 0.1) is 0 Å². The lowest BCUT2D eigenvalue weighted by Crippen LogP contribution is -2.42. The average Bonchev–Trinajstić information content (AvgIpc) is 2.36.